The van der Waals surface area contributed by atoms with Gasteiger partial charge in [0, 0.05) is 25.5 Å². The summed E-state index contributed by atoms with van der Waals surface area (Å²) >= 11 is 0. The van der Waals surface area contributed by atoms with Crippen molar-refractivity contribution >= 4 is 11.9 Å². The standard InChI is InChI=1S/C23H17FN2O3/c24-17-5-3-15(4-6-17)12-26-13-19-20(28-14-26)8-7-18-22(27)21(29-23(18)19)10-16-2-1-9-25-11-16/h1-11H,12-14H2. The van der Waals surface area contributed by atoms with Gasteiger partial charge in [-0.15, -0.1) is 0 Å². The number of ketones is 1. The lowest BCUT2D eigenvalue weighted by atomic mass is 10.0. The summed E-state index contributed by atoms with van der Waals surface area (Å²) in [6.07, 6.45) is 5.05. The molecule has 29 heavy (non-hydrogen) atoms. The first-order valence-corrected chi connectivity index (χ1v) is 9.27. The number of hydrogen-bond donors (Lipinski definition) is 0. The van der Waals surface area contributed by atoms with Crippen molar-refractivity contribution in [2.24, 2.45) is 0 Å². The molecule has 3 aromatic rings. The second-order valence-electron chi connectivity index (χ2n) is 7.03. The smallest absolute Gasteiger partial charge is 0.231 e. The van der Waals surface area contributed by atoms with Crippen LogP contribution in [0.5, 0.6) is 11.5 Å². The summed E-state index contributed by atoms with van der Waals surface area (Å²) in [6, 6.07) is 13.6. The van der Waals surface area contributed by atoms with Gasteiger partial charge in [0.2, 0.25) is 5.78 Å². The lowest BCUT2D eigenvalue weighted by Gasteiger charge is -2.29. The van der Waals surface area contributed by atoms with E-state index in [1.165, 1.54) is 12.1 Å². The normalized spacial score (nSPS) is 16.9. The summed E-state index contributed by atoms with van der Waals surface area (Å²) in [4.78, 5) is 18.9. The highest BCUT2D eigenvalue weighted by molar-refractivity contribution is 6.15. The Morgan fingerprint density at radius 1 is 1.14 bits per heavy atom. The number of carbonyl (C=O) groups is 1. The average molecular weight is 388 g/mol. The highest BCUT2D eigenvalue weighted by atomic mass is 19.1. The average Bonchev–Trinajstić information content (AvgIpc) is 3.06. The molecule has 2 aromatic carbocycles. The summed E-state index contributed by atoms with van der Waals surface area (Å²) in [5, 5.41) is 0. The van der Waals surface area contributed by atoms with Crippen LogP contribution in [0.4, 0.5) is 4.39 Å². The molecule has 0 N–H and O–H groups in total. The maximum Gasteiger partial charge on any atom is 0.231 e. The lowest BCUT2D eigenvalue weighted by molar-refractivity contribution is 0.0872. The number of Topliss-reactive ketones (excluding diaryl/α,β-unsaturated/α-hetero) is 1. The molecule has 0 fully saturated rings. The van der Waals surface area contributed by atoms with Crippen LogP contribution in [0.1, 0.15) is 27.0 Å². The minimum absolute atomic E-state index is 0.151. The van der Waals surface area contributed by atoms with Crippen LogP contribution >= 0.6 is 0 Å². The Bertz CT molecular complexity index is 1110. The Morgan fingerprint density at radius 3 is 2.79 bits per heavy atom. The zero-order valence-electron chi connectivity index (χ0n) is 15.5. The maximum atomic E-state index is 13.1. The Kier molecular flexibility index (Phi) is 4.33. The third kappa shape index (κ3) is 3.39. The summed E-state index contributed by atoms with van der Waals surface area (Å²) in [6.45, 7) is 1.59. The minimum Gasteiger partial charge on any atom is -0.478 e. The molecular weight excluding hydrogens is 371 g/mol. The minimum atomic E-state index is -0.258. The molecular formula is C23H17FN2O3. The fourth-order valence-corrected chi connectivity index (χ4v) is 3.57. The number of hydrogen-bond acceptors (Lipinski definition) is 5. The first-order valence-electron chi connectivity index (χ1n) is 9.27. The van der Waals surface area contributed by atoms with Crippen LogP contribution in [-0.4, -0.2) is 22.4 Å². The fraction of sp³-hybridized carbons (Fsp3) is 0.130. The molecule has 5 nitrogen and oxygen atoms in total. The summed E-state index contributed by atoms with van der Waals surface area (Å²) in [5.41, 5.74) is 3.16. The van der Waals surface area contributed by atoms with Gasteiger partial charge >= 0.3 is 0 Å². The van der Waals surface area contributed by atoms with E-state index in [0.29, 0.717) is 31.1 Å². The van der Waals surface area contributed by atoms with Crippen molar-refractivity contribution in [1.82, 2.24) is 9.88 Å². The molecule has 0 radical (unpaired) electrons. The van der Waals surface area contributed by atoms with Gasteiger partial charge in [-0.2, -0.15) is 0 Å². The van der Waals surface area contributed by atoms with E-state index in [0.717, 1.165) is 22.4 Å². The second-order valence-corrected chi connectivity index (χ2v) is 7.03. The van der Waals surface area contributed by atoms with E-state index in [2.05, 4.69) is 9.88 Å². The van der Waals surface area contributed by atoms with Crippen LogP contribution in [-0.2, 0) is 13.1 Å². The molecule has 6 heteroatoms. The number of pyridine rings is 1. The van der Waals surface area contributed by atoms with Crippen LogP contribution in [0.15, 0.2) is 66.7 Å². The van der Waals surface area contributed by atoms with Crippen molar-refractivity contribution in [2.75, 3.05) is 6.73 Å². The number of allylic oxidation sites excluding steroid dienone is 1. The topological polar surface area (TPSA) is 51.7 Å². The van der Waals surface area contributed by atoms with Crippen LogP contribution in [0.2, 0.25) is 0 Å². The molecule has 3 heterocycles. The molecule has 0 unspecified atom stereocenters. The highest BCUT2D eigenvalue weighted by Crippen LogP contribution is 2.42. The van der Waals surface area contributed by atoms with Gasteiger partial charge < -0.3 is 9.47 Å². The second kappa shape index (κ2) is 7.14. The summed E-state index contributed by atoms with van der Waals surface area (Å²) in [7, 11) is 0. The molecule has 0 spiro atoms. The van der Waals surface area contributed by atoms with Gasteiger partial charge in [0.1, 0.15) is 24.0 Å². The zero-order chi connectivity index (χ0) is 19.8. The lowest BCUT2D eigenvalue weighted by Crippen LogP contribution is -2.31. The Balaban J connectivity index is 1.42. The van der Waals surface area contributed by atoms with Crippen molar-refractivity contribution in [3.63, 3.8) is 0 Å². The van der Waals surface area contributed by atoms with Gasteiger partial charge in [-0.1, -0.05) is 18.2 Å². The monoisotopic (exact) mass is 388 g/mol. The molecule has 0 saturated heterocycles. The van der Waals surface area contributed by atoms with E-state index in [1.54, 1.807) is 36.7 Å². The number of ether oxygens (including phenoxy) is 2. The molecule has 1 aromatic heterocycles. The number of carbonyl (C=O) groups excluding carboxylic acids is 1. The zero-order valence-corrected chi connectivity index (χ0v) is 15.5. The first-order chi connectivity index (χ1) is 14.2. The largest absolute Gasteiger partial charge is 0.478 e. The van der Waals surface area contributed by atoms with E-state index < -0.39 is 0 Å². The van der Waals surface area contributed by atoms with Crippen LogP contribution < -0.4 is 9.47 Å². The predicted octanol–water partition coefficient (Wildman–Crippen LogP) is 4.19. The number of rotatable bonds is 3. The fourth-order valence-electron chi connectivity index (χ4n) is 3.57. The van der Waals surface area contributed by atoms with E-state index in [9.17, 15) is 9.18 Å². The maximum absolute atomic E-state index is 13.1. The summed E-state index contributed by atoms with van der Waals surface area (Å²) < 4.78 is 25.0. The predicted molar refractivity (Wildman–Crippen MR) is 105 cm³/mol. The van der Waals surface area contributed by atoms with Crippen LogP contribution in [0.25, 0.3) is 6.08 Å². The molecule has 5 rings (SSSR count). The summed E-state index contributed by atoms with van der Waals surface area (Å²) in [5.74, 6) is 1.13. The van der Waals surface area contributed by atoms with Crippen molar-refractivity contribution in [1.29, 1.82) is 0 Å². The first kappa shape index (κ1) is 17.6. The van der Waals surface area contributed by atoms with E-state index in [4.69, 9.17) is 9.47 Å². The quantitative estimate of drug-likeness (QED) is 0.630. The Labute approximate surface area is 167 Å². The molecule has 0 bridgehead atoms. The highest BCUT2D eigenvalue weighted by Gasteiger charge is 2.33. The van der Waals surface area contributed by atoms with Crippen molar-refractivity contribution in [3.05, 3.63) is 94.8 Å². The number of nitrogens with zero attached hydrogens (tertiary/aromatic N) is 2. The van der Waals surface area contributed by atoms with E-state index in [1.807, 2.05) is 18.2 Å². The number of fused-ring (bicyclic) bond motifs is 3. The van der Waals surface area contributed by atoms with Crippen molar-refractivity contribution in [2.45, 2.75) is 13.1 Å². The Hall–Kier alpha value is -3.51. The third-order valence-electron chi connectivity index (χ3n) is 4.98. The number of aromatic nitrogens is 1. The van der Waals surface area contributed by atoms with Gasteiger partial charge in [-0.3, -0.25) is 14.7 Å². The Morgan fingerprint density at radius 2 is 2.00 bits per heavy atom. The number of benzene rings is 2. The molecule has 0 aliphatic carbocycles. The van der Waals surface area contributed by atoms with E-state index in [-0.39, 0.29) is 17.4 Å². The van der Waals surface area contributed by atoms with E-state index >= 15 is 0 Å². The molecule has 2 aliphatic heterocycles. The third-order valence-corrected chi connectivity index (χ3v) is 4.98. The van der Waals surface area contributed by atoms with Gasteiger partial charge in [0.25, 0.3) is 0 Å². The van der Waals surface area contributed by atoms with Crippen molar-refractivity contribution in [3.8, 4) is 11.5 Å². The SMILES string of the molecule is O=C1C(=Cc2cccnc2)Oc2c1ccc1c2CN(Cc2ccc(F)cc2)CO1. The van der Waals surface area contributed by atoms with Gasteiger partial charge in [0.15, 0.2) is 5.76 Å². The van der Waals surface area contributed by atoms with Gasteiger partial charge in [-0.25, -0.2) is 4.39 Å². The number of halogens is 1. The molecule has 2 aliphatic rings. The molecule has 0 atom stereocenters. The van der Waals surface area contributed by atoms with Gasteiger partial charge in [-0.05, 0) is 47.5 Å². The molecule has 144 valence electrons. The van der Waals surface area contributed by atoms with Crippen LogP contribution in [0.3, 0.4) is 0 Å². The molecule has 0 saturated carbocycles. The van der Waals surface area contributed by atoms with Gasteiger partial charge in [0.05, 0.1) is 11.1 Å². The molecule has 0 amide bonds. The van der Waals surface area contributed by atoms with Crippen molar-refractivity contribution < 1.29 is 18.7 Å². The van der Waals surface area contributed by atoms with Crippen LogP contribution in [0, 0.1) is 5.82 Å².